The zero-order valence-electron chi connectivity index (χ0n) is 11.5. The molecular formula is C13H23N3. The van der Waals surface area contributed by atoms with Crippen molar-refractivity contribution in [1.29, 1.82) is 0 Å². The molecule has 2 rings (SSSR count). The molecular weight excluding hydrogens is 198 g/mol. The fourth-order valence-corrected chi connectivity index (χ4v) is 1.22. The lowest BCUT2D eigenvalue weighted by Gasteiger charge is -1.98. The molecule has 0 spiro atoms. The van der Waals surface area contributed by atoms with Crippen molar-refractivity contribution in [1.82, 2.24) is 14.6 Å². The maximum absolute atomic E-state index is 4.35. The van der Waals surface area contributed by atoms with Crippen LogP contribution in [-0.4, -0.2) is 14.6 Å². The van der Waals surface area contributed by atoms with Crippen molar-refractivity contribution in [2.75, 3.05) is 0 Å². The molecule has 0 aliphatic rings. The highest BCUT2D eigenvalue weighted by Crippen LogP contribution is 2.07. The van der Waals surface area contributed by atoms with Crippen molar-refractivity contribution in [3.05, 3.63) is 29.2 Å². The third-order valence-electron chi connectivity index (χ3n) is 2.01. The van der Waals surface area contributed by atoms with Crippen LogP contribution in [-0.2, 0) is 0 Å². The first kappa shape index (κ1) is 14.6. The highest BCUT2D eigenvalue weighted by molar-refractivity contribution is 5.41. The number of imidazole rings is 1. The smallest absolute Gasteiger partial charge is 0.154 e. The average molecular weight is 221 g/mol. The first-order chi connectivity index (χ1) is 7.66. The molecule has 16 heavy (non-hydrogen) atoms. The van der Waals surface area contributed by atoms with E-state index in [0.717, 1.165) is 17.0 Å². The summed E-state index contributed by atoms with van der Waals surface area (Å²) in [5.41, 5.74) is 4.18. The Morgan fingerprint density at radius 2 is 1.56 bits per heavy atom. The Kier molecular flexibility index (Phi) is 6.38. The molecule has 0 N–H and O–H groups in total. The Morgan fingerprint density at radius 3 is 2.12 bits per heavy atom. The van der Waals surface area contributed by atoms with Gasteiger partial charge >= 0.3 is 0 Å². The maximum atomic E-state index is 4.35. The van der Waals surface area contributed by atoms with Crippen molar-refractivity contribution < 1.29 is 0 Å². The van der Waals surface area contributed by atoms with Gasteiger partial charge in [-0.3, -0.25) is 0 Å². The number of hydrogen-bond acceptors (Lipinski definition) is 2. The minimum atomic E-state index is 0.926. The normalized spacial score (nSPS) is 8.94. The highest BCUT2D eigenvalue weighted by atomic mass is 15.2. The van der Waals surface area contributed by atoms with E-state index in [9.17, 15) is 0 Å². The topological polar surface area (TPSA) is 30.2 Å². The minimum Gasteiger partial charge on any atom is -0.232 e. The summed E-state index contributed by atoms with van der Waals surface area (Å²) in [6.07, 6.45) is 1.93. The minimum absolute atomic E-state index is 0.926. The van der Waals surface area contributed by atoms with Crippen LogP contribution in [0.4, 0.5) is 0 Å². The monoisotopic (exact) mass is 221 g/mol. The van der Waals surface area contributed by atoms with Gasteiger partial charge in [0.05, 0.1) is 17.6 Å². The van der Waals surface area contributed by atoms with Gasteiger partial charge in [-0.05, 0) is 32.4 Å². The number of rotatable bonds is 0. The fraction of sp³-hybridized carbons (Fsp3) is 0.538. The molecule has 2 aromatic heterocycles. The lowest BCUT2D eigenvalue weighted by atomic mass is 10.2. The van der Waals surface area contributed by atoms with Gasteiger partial charge in [0.2, 0.25) is 0 Å². The molecule has 0 aliphatic carbocycles. The van der Waals surface area contributed by atoms with Gasteiger partial charge in [0.25, 0.3) is 0 Å². The van der Waals surface area contributed by atoms with E-state index in [1.165, 1.54) is 5.56 Å². The molecule has 0 radical (unpaired) electrons. The zero-order valence-corrected chi connectivity index (χ0v) is 11.5. The Morgan fingerprint density at radius 1 is 1.00 bits per heavy atom. The number of hydrogen-bond donors (Lipinski definition) is 0. The van der Waals surface area contributed by atoms with Crippen LogP contribution in [0.2, 0.25) is 0 Å². The molecule has 3 heteroatoms. The first-order valence-corrected chi connectivity index (χ1v) is 5.97. The molecule has 3 nitrogen and oxygen atoms in total. The van der Waals surface area contributed by atoms with Gasteiger partial charge in [-0.15, -0.1) is 0 Å². The van der Waals surface area contributed by atoms with E-state index in [1.54, 1.807) is 0 Å². The lowest BCUT2D eigenvalue weighted by Crippen LogP contribution is -1.95. The van der Waals surface area contributed by atoms with Gasteiger partial charge in [0.15, 0.2) is 5.65 Å². The SMILES string of the molecule is CC.CC.Cc1cn2nc(C)c(C)cc2n1. The van der Waals surface area contributed by atoms with Crippen LogP contribution < -0.4 is 0 Å². The van der Waals surface area contributed by atoms with E-state index in [0.29, 0.717) is 0 Å². The van der Waals surface area contributed by atoms with Gasteiger partial charge in [0.1, 0.15) is 0 Å². The fourth-order valence-electron chi connectivity index (χ4n) is 1.22. The third-order valence-corrected chi connectivity index (χ3v) is 2.01. The highest BCUT2D eigenvalue weighted by Gasteiger charge is 2.00. The summed E-state index contributed by atoms with van der Waals surface area (Å²) in [6.45, 7) is 14.0. The second-order valence-electron chi connectivity index (χ2n) is 3.10. The molecule has 0 unspecified atom stereocenters. The summed E-state index contributed by atoms with van der Waals surface area (Å²) in [7, 11) is 0. The Hall–Kier alpha value is -1.38. The summed E-state index contributed by atoms with van der Waals surface area (Å²) in [6, 6.07) is 2.05. The maximum Gasteiger partial charge on any atom is 0.154 e. The van der Waals surface area contributed by atoms with Crippen molar-refractivity contribution >= 4 is 5.65 Å². The Labute approximate surface area is 98.5 Å². The van der Waals surface area contributed by atoms with Crippen LogP contribution in [0, 0.1) is 20.8 Å². The second kappa shape index (κ2) is 6.99. The van der Waals surface area contributed by atoms with Crippen molar-refractivity contribution in [2.24, 2.45) is 0 Å². The van der Waals surface area contributed by atoms with Crippen LogP contribution in [0.5, 0.6) is 0 Å². The molecule has 0 aromatic carbocycles. The standard InChI is InChI=1S/C9H11N3.2C2H6/c1-6-4-9-10-7(2)5-12(9)11-8(6)3;2*1-2/h4-5H,1-3H3;2*1-2H3. The largest absolute Gasteiger partial charge is 0.232 e. The van der Waals surface area contributed by atoms with Crippen LogP contribution in [0.15, 0.2) is 12.3 Å². The summed E-state index contributed by atoms with van der Waals surface area (Å²) in [4.78, 5) is 4.32. The van der Waals surface area contributed by atoms with E-state index >= 15 is 0 Å². The number of aromatic nitrogens is 3. The average Bonchev–Trinajstić information content (AvgIpc) is 2.64. The lowest BCUT2D eigenvalue weighted by molar-refractivity contribution is 0.888. The van der Waals surface area contributed by atoms with Crippen molar-refractivity contribution in [2.45, 2.75) is 48.5 Å². The van der Waals surface area contributed by atoms with Crippen LogP contribution in [0.25, 0.3) is 5.65 Å². The number of nitrogens with zero attached hydrogens (tertiary/aromatic N) is 3. The molecule has 0 aliphatic heterocycles. The Balaban J connectivity index is 0.000000509. The van der Waals surface area contributed by atoms with Gasteiger partial charge < -0.3 is 0 Å². The summed E-state index contributed by atoms with van der Waals surface area (Å²) < 4.78 is 1.82. The summed E-state index contributed by atoms with van der Waals surface area (Å²) >= 11 is 0. The van der Waals surface area contributed by atoms with Gasteiger partial charge in [-0.25, -0.2) is 9.50 Å². The summed E-state index contributed by atoms with van der Waals surface area (Å²) in [5, 5.41) is 4.35. The molecule has 90 valence electrons. The quantitative estimate of drug-likeness (QED) is 0.679. The van der Waals surface area contributed by atoms with E-state index in [4.69, 9.17) is 0 Å². The van der Waals surface area contributed by atoms with Crippen molar-refractivity contribution in [3.8, 4) is 0 Å². The van der Waals surface area contributed by atoms with E-state index in [2.05, 4.69) is 16.1 Å². The van der Waals surface area contributed by atoms with Crippen LogP contribution in [0.3, 0.4) is 0 Å². The molecule has 0 bridgehead atoms. The number of fused-ring (bicyclic) bond motifs is 1. The Bertz CT molecular complexity index is 391. The van der Waals surface area contributed by atoms with Gasteiger partial charge in [-0.2, -0.15) is 5.10 Å². The van der Waals surface area contributed by atoms with Gasteiger partial charge in [-0.1, -0.05) is 27.7 Å². The predicted molar refractivity (Wildman–Crippen MR) is 69.9 cm³/mol. The molecule has 0 saturated carbocycles. The van der Waals surface area contributed by atoms with E-state index < -0.39 is 0 Å². The van der Waals surface area contributed by atoms with Crippen LogP contribution >= 0.6 is 0 Å². The second-order valence-corrected chi connectivity index (χ2v) is 3.10. The third kappa shape index (κ3) is 3.33. The molecule has 2 aromatic rings. The molecule has 0 fully saturated rings. The molecule has 0 saturated heterocycles. The molecule has 0 atom stereocenters. The first-order valence-electron chi connectivity index (χ1n) is 5.97. The van der Waals surface area contributed by atoms with Gasteiger partial charge in [0, 0.05) is 0 Å². The molecule has 0 amide bonds. The van der Waals surface area contributed by atoms with E-state index in [-0.39, 0.29) is 0 Å². The molecule has 2 heterocycles. The van der Waals surface area contributed by atoms with Crippen molar-refractivity contribution in [3.63, 3.8) is 0 Å². The summed E-state index contributed by atoms with van der Waals surface area (Å²) in [5.74, 6) is 0. The zero-order chi connectivity index (χ0) is 12.7. The van der Waals surface area contributed by atoms with Crippen LogP contribution in [0.1, 0.15) is 44.6 Å². The predicted octanol–water partition coefficient (Wildman–Crippen LogP) is 3.71. The van der Waals surface area contributed by atoms with E-state index in [1.807, 2.05) is 59.2 Å². The number of aryl methyl sites for hydroxylation is 3.